The van der Waals surface area contributed by atoms with Crippen LogP contribution in [-0.4, -0.2) is 15.8 Å². The molecule has 3 fully saturated rings. The van der Waals surface area contributed by atoms with Crippen LogP contribution < -0.4 is 0 Å². The second-order valence-corrected chi connectivity index (χ2v) is 8.69. The van der Waals surface area contributed by atoms with Crippen LogP contribution in [0.4, 0.5) is 0 Å². The van der Waals surface area contributed by atoms with Crippen molar-refractivity contribution in [2.45, 2.75) is 69.8 Å². The molecule has 0 radical (unpaired) electrons. The van der Waals surface area contributed by atoms with Gasteiger partial charge in [0.15, 0.2) is 0 Å². The van der Waals surface area contributed by atoms with Gasteiger partial charge in [0.25, 0.3) is 0 Å². The lowest BCUT2D eigenvalue weighted by Gasteiger charge is -2.56. The maximum Gasteiger partial charge on any atom is 0.115 e. The van der Waals surface area contributed by atoms with Crippen LogP contribution in [0.25, 0.3) is 0 Å². The summed E-state index contributed by atoms with van der Waals surface area (Å²) in [4.78, 5) is 0. The van der Waals surface area contributed by atoms with Crippen molar-refractivity contribution in [1.29, 1.82) is 0 Å². The van der Waals surface area contributed by atoms with Crippen molar-refractivity contribution in [2.75, 3.05) is 0 Å². The molecule has 0 saturated heterocycles. The van der Waals surface area contributed by atoms with Crippen molar-refractivity contribution in [3.05, 3.63) is 29.3 Å². The van der Waals surface area contributed by atoms with Crippen molar-refractivity contribution in [1.82, 2.24) is 0 Å². The maximum absolute atomic E-state index is 11.2. The number of fused-ring (bicyclic) bond motifs is 3. The van der Waals surface area contributed by atoms with E-state index in [4.69, 9.17) is 0 Å². The van der Waals surface area contributed by atoms with Gasteiger partial charge in [-0.2, -0.15) is 0 Å². The van der Waals surface area contributed by atoms with Crippen LogP contribution in [-0.2, 0) is 6.42 Å². The SMILES string of the molecule is C[C@]12CC[C@@H]3c4ccc(O)cc4CC[C@H]3[C@]13CC[C@]2(O)CC3. The lowest BCUT2D eigenvalue weighted by Crippen LogP contribution is -2.51. The zero-order valence-corrected chi connectivity index (χ0v) is 13.4. The van der Waals surface area contributed by atoms with Gasteiger partial charge in [-0.25, -0.2) is 0 Å². The third-order valence-electron chi connectivity index (χ3n) is 8.50. The Balaban J connectivity index is 1.62. The molecule has 2 N–H and O–H groups in total. The van der Waals surface area contributed by atoms with Gasteiger partial charge in [-0.05, 0) is 91.9 Å². The highest BCUT2D eigenvalue weighted by atomic mass is 16.3. The second-order valence-electron chi connectivity index (χ2n) is 8.69. The average molecular weight is 298 g/mol. The van der Waals surface area contributed by atoms with Gasteiger partial charge in [0.1, 0.15) is 5.75 Å². The number of benzene rings is 1. The van der Waals surface area contributed by atoms with Crippen molar-refractivity contribution in [2.24, 2.45) is 16.7 Å². The largest absolute Gasteiger partial charge is 0.508 e. The predicted molar refractivity (Wildman–Crippen MR) is 85.9 cm³/mol. The first-order chi connectivity index (χ1) is 10.5. The zero-order chi connectivity index (χ0) is 15.2. The summed E-state index contributed by atoms with van der Waals surface area (Å²) in [6.07, 6.45) is 9.23. The van der Waals surface area contributed by atoms with Crippen molar-refractivity contribution >= 4 is 0 Å². The van der Waals surface area contributed by atoms with E-state index in [0.29, 0.717) is 17.1 Å². The standard InChI is InChI=1S/C20H26O2/c1-18-7-6-16-15-4-3-14(21)12-13(15)2-5-17(16)19(18)8-10-20(18,22)11-9-19/h3-4,12,16-17,21-22H,2,5-11H2,1H3/t16-,17-,18+,19-,20+/m1/s1. The van der Waals surface area contributed by atoms with E-state index in [1.165, 1.54) is 43.2 Å². The molecule has 2 heteroatoms. The van der Waals surface area contributed by atoms with Gasteiger partial charge in [-0.15, -0.1) is 0 Å². The highest BCUT2D eigenvalue weighted by Gasteiger charge is 2.73. The van der Waals surface area contributed by atoms with Gasteiger partial charge in [0.2, 0.25) is 0 Å². The molecule has 118 valence electrons. The number of rotatable bonds is 0. The fourth-order valence-electron chi connectivity index (χ4n) is 7.30. The molecule has 22 heavy (non-hydrogen) atoms. The molecule has 4 aliphatic carbocycles. The van der Waals surface area contributed by atoms with Crippen molar-refractivity contribution in [3.63, 3.8) is 0 Å². The molecular weight excluding hydrogens is 272 g/mol. The Morgan fingerprint density at radius 1 is 1.05 bits per heavy atom. The molecule has 2 bridgehead atoms. The molecular formula is C20H26O2. The number of aliphatic hydroxyl groups is 1. The summed E-state index contributed by atoms with van der Waals surface area (Å²) >= 11 is 0. The highest BCUT2D eigenvalue weighted by Crippen LogP contribution is 2.77. The minimum absolute atomic E-state index is 0.148. The lowest BCUT2D eigenvalue weighted by molar-refractivity contribution is -0.101. The van der Waals surface area contributed by atoms with Gasteiger partial charge in [-0.3, -0.25) is 0 Å². The van der Waals surface area contributed by atoms with Crippen molar-refractivity contribution in [3.8, 4) is 5.75 Å². The molecule has 0 aromatic heterocycles. The van der Waals surface area contributed by atoms with Gasteiger partial charge < -0.3 is 10.2 Å². The van der Waals surface area contributed by atoms with E-state index in [2.05, 4.69) is 13.0 Å². The van der Waals surface area contributed by atoms with Crippen LogP contribution in [0.5, 0.6) is 5.75 Å². The molecule has 5 rings (SSSR count). The number of hydrogen-bond acceptors (Lipinski definition) is 2. The van der Waals surface area contributed by atoms with E-state index in [1.54, 1.807) is 0 Å². The van der Waals surface area contributed by atoms with E-state index in [1.807, 2.05) is 12.1 Å². The second kappa shape index (κ2) is 3.90. The molecule has 0 heterocycles. The van der Waals surface area contributed by atoms with Crippen LogP contribution in [0.3, 0.4) is 0 Å². The maximum atomic E-state index is 11.2. The number of phenolic OH excluding ortho intramolecular Hbond substituents is 1. The smallest absolute Gasteiger partial charge is 0.115 e. The first kappa shape index (κ1) is 13.4. The molecule has 0 amide bonds. The van der Waals surface area contributed by atoms with Gasteiger partial charge in [-0.1, -0.05) is 13.0 Å². The molecule has 0 aliphatic heterocycles. The molecule has 1 aromatic rings. The first-order valence-electron chi connectivity index (χ1n) is 9.03. The van der Waals surface area contributed by atoms with Crippen LogP contribution in [0, 0.1) is 16.7 Å². The van der Waals surface area contributed by atoms with Gasteiger partial charge in [0.05, 0.1) is 5.60 Å². The molecule has 0 spiro atoms. The number of phenols is 1. The van der Waals surface area contributed by atoms with E-state index in [9.17, 15) is 10.2 Å². The normalized spacial score (nSPS) is 48.6. The van der Waals surface area contributed by atoms with E-state index >= 15 is 0 Å². The Bertz CT molecular complexity index is 641. The Hall–Kier alpha value is -1.02. The van der Waals surface area contributed by atoms with Crippen LogP contribution >= 0.6 is 0 Å². The number of aromatic hydroxyl groups is 1. The van der Waals surface area contributed by atoms with Crippen LogP contribution in [0.15, 0.2) is 18.2 Å². The predicted octanol–water partition coefficient (Wildman–Crippen LogP) is 4.14. The molecule has 1 aromatic carbocycles. The minimum atomic E-state index is -0.382. The third-order valence-corrected chi connectivity index (χ3v) is 8.50. The van der Waals surface area contributed by atoms with Gasteiger partial charge in [0, 0.05) is 5.41 Å². The average Bonchev–Trinajstić information content (AvgIpc) is 2.88. The van der Waals surface area contributed by atoms with Crippen molar-refractivity contribution < 1.29 is 10.2 Å². The number of aryl methyl sites for hydroxylation is 1. The molecule has 0 unspecified atom stereocenters. The van der Waals surface area contributed by atoms with Crippen LogP contribution in [0.1, 0.15) is 68.9 Å². The summed E-state index contributed by atoms with van der Waals surface area (Å²) in [5.74, 6) is 1.80. The molecule has 3 atom stereocenters. The minimum Gasteiger partial charge on any atom is -0.508 e. The molecule has 3 saturated carbocycles. The summed E-state index contributed by atoms with van der Waals surface area (Å²) in [6.45, 7) is 2.40. The van der Waals surface area contributed by atoms with E-state index in [0.717, 1.165) is 25.2 Å². The van der Waals surface area contributed by atoms with Crippen LogP contribution in [0.2, 0.25) is 0 Å². The van der Waals surface area contributed by atoms with E-state index < -0.39 is 0 Å². The third kappa shape index (κ3) is 1.29. The summed E-state index contributed by atoms with van der Waals surface area (Å²) < 4.78 is 0. The summed E-state index contributed by atoms with van der Waals surface area (Å²) in [7, 11) is 0. The fourth-order valence-corrected chi connectivity index (χ4v) is 7.30. The van der Waals surface area contributed by atoms with E-state index in [-0.39, 0.29) is 11.0 Å². The lowest BCUT2D eigenvalue weighted by atomic mass is 9.48. The summed E-state index contributed by atoms with van der Waals surface area (Å²) in [5, 5.41) is 21.0. The Kier molecular flexibility index (Phi) is 2.38. The number of hydrogen-bond donors (Lipinski definition) is 2. The highest BCUT2D eigenvalue weighted by molar-refractivity contribution is 5.41. The monoisotopic (exact) mass is 298 g/mol. The quantitative estimate of drug-likeness (QED) is 0.755. The zero-order valence-electron chi connectivity index (χ0n) is 13.4. The topological polar surface area (TPSA) is 40.5 Å². The Morgan fingerprint density at radius 2 is 1.82 bits per heavy atom. The molecule has 2 nitrogen and oxygen atoms in total. The Labute approximate surface area is 132 Å². The van der Waals surface area contributed by atoms with Gasteiger partial charge >= 0.3 is 0 Å². The fraction of sp³-hybridized carbons (Fsp3) is 0.700. The molecule has 4 aliphatic rings. The first-order valence-corrected chi connectivity index (χ1v) is 9.03. The summed E-state index contributed by atoms with van der Waals surface area (Å²) in [5.41, 5.74) is 3.00. The Morgan fingerprint density at radius 3 is 2.59 bits per heavy atom. The summed E-state index contributed by atoms with van der Waals surface area (Å²) in [6, 6.07) is 6.03.